The number of benzene rings is 2. The number of rotatable bonds is 6. The van der Waals surface area contributed by atoms with Crippen LogP contribution in [0.5, 0.6) is 0 Å². The van der Waals surface area contributed by atoms with Gasteiger partial charge in [-0.15, -0.1) is 0 Å². The molecule has 0 radical (unpaired) electrons. The van der Waals surface area contributed by atoms with Crippen molar-refractivity contribution < 1.29 is 13.2 Å². The summed E-state index contributed by atoms with van der Waals surface area (Å²) in [5.74, 6) is 0. The number of aryl methyl sites for hydroxylation is 1. The Morgan fingerprint density at radius 2 is 1.64 bits per heavy atom. The van der Waals surface area contributed by atoms with E-state index in [1.807, 2.05) is 12.1 Å². The van der Waals surface area contributed by atoms with Crippen LogP contribution in [-0.4, -0.2) is 4.57 Å². The minimum Gasteiger partial charge on any atom is -0.347 e. The maximum absolute atomic E-state index is 12.7. The number of hydrogen-bond acceptors (Lipinski definition) is 0. The van der Waals surface area contributed by atoms with Crippen molar-refractivity contribution in [3.05, 3.63) is 71.4 Å². The van der Waals surface area contributed by atoms with Crippen LogP contribution in [0.4, 0.5) is 13.2 Å². The van der Waals surface area contributed by atoms with Gasteiger partial charge in [0.15, 0.2) is 0 Å². The lowest BCUT2D eigenvalue weighted by Crippen LogP contribution is -2.04. The zero-order chi connectivity index (χ0) is 17.9. The van der Waals surface area contributed by atoms with Crippen molar-refractivity contribution >= 4 is 10.9 Å². The first kappa shape index (κ1) is 17.6. The third kappa shape index (κ3) is 4.06. The average Bonchev–Trinajstić information content (AvgIpc) is 2.93. The van der Waals surface area contributed by atoms with Crippen LogP contribution < -0.4 is 0 Å². The lowest BCUT2D eigenvalue weighted by Gasteiger charge is -2.07. The van der Waals surface area contributed by atoms with Crippen LogP contribution in [0.1, 0.15) is 42.9 Å². The SMILES string of the molecule is CCCCCn1cc(Cc2ccc(C(F)(F)F)cc2)c2ccccc21. The summed E-state index contributed by atoms with van der Waals surface area (Å²) in [6.07, 6.45) is 2.01. The fourth-order valence-electron chi connectivity index (χ4n) is 3.21. The fraction of sp³-hybridized carbons (Fsp3) is 0.333. The molecule has 0 bridgehead atoms. The molecule has 0 aliphatic heterocycles. The van der Waals surface area contributed by atoms with Crippen LogP contribution in [0.25, 0.3) is 10.9 Å². The summed E-state index contributed by atoms with van der Waals surface area (Å²) in [6.45, 7) is 3.16. The summed E-state index contributed by atoms with van der Waals surface area (Å²) in [7, 11) is 0. The fourth-order valence-corrected chi connectivity index (χ4v) is 3.21. The van der Waals surface area contributed by atoms with Gasteiger partial charge in [0.2, 0.25) is 0 Å². The highest BCUT2D eigenvalue weighted by molar-refractivity contribution is 5.84. The zero-order valence-corrected chi connectivity index (χ0v) is 14.3. The molecular weight excluding hydrogens is 323 g/mol. The van der Waals surface area contributed by atoms with Gasteiger partial charge in [0, 0.05) is 23.6 Å². The van der Waals surface area contributed by atoms with Gasteiger partial charge in [0.25, 0.3) is 0 Å². The van der Waals surface area contributed by atoms with Gasteiger partial charge in [-0.3, -0.25) is 0 Å². The number of para-hydroxylation sites is 1. The molecule has 0 aliphatic carbocycles. The molecule has 1 aromatic heterocycles. The maximum Gasteiger partial charge on any atom is 0.416 e. The first-order valence-electron chi connectivity index (χ1n) is 8.72. The second-order valence-corrected chi connectivity index (χ2v) is 6.44. The Morgan fingerprint density at radius 1 is 0.920 bits per heavy atom. The number of nitrogens with zero attached hydrogens (tertiary/aromatic N) is 1. The third-order valence-electron chi connectivity index (χ3n) is 4.55. The lowest BCUT2D eigenvalue weighted by atomic mass is 10.0. The first-order valence-corrected chi connectivity index (χ1v) is 8.72. The van der Waals surface area contributed by atoms with Crippen molar-refractivity contribution in [1.82, 2.24) is 4.57 Å². The van der Waals surface area contributed by atoms with Gasteiger partial charge in [-0.05, 0) is 42.2 Å². The normalized spacial score (nSPS) is 12.0. The van der Waals surface area contributed by atoms with Gasteiger partial charge in [0.05, 0.1) is 5.56 Å². The highest BCUT2D eigenvalue weighted by atomic mass is 19.4. The molecule has 3 aromatic rings. The summed E-state index contributed by atoms with van der Waals surface area (Å²) in [5.41, 5.74) is 2.65. The zero-order valence-electron chi connectivity index (χ0n) is 14.3. The van der Waals surface area contributed by atoms with Gasteiger partial charge in [-0.1, -0.05) is 50.1 Å². The number of unbranched alkanes of at least 4 members (excludes halogenated alkanes) is 2. The molecule has 3 rings (SSSR count). The van der Waals surface area contributed by atoms with Crippen molar-refractivity contribution in [2.75, 3.05) is 0 Å². The number of hydrogen-bond donors (Lipinski definition) is 0. The molecule has 132 valence electrons. The highest BCUT2D eigenvalue weighted by Gasteiger charge is 2.29. The standard InChI is InChI=1S/C21H22F3N/c1-2-3-6-13-25-15-17(19-7-4-5-8-20(19)25)14-16-9-11-18(12-10-16)21(22,23)24/h4-5,7-12,15H,2-3,6,13-14H2,1H3. The maximum atomic E-state index is 12.7. The second kappa shape index (κ2) is 7.34. The minimum atomic E-state index is -4.28. The van der Waals surface area contributed by atoms with E-state index in [0.717, 1.165) is 36.2 Å². The largest absolute Gasteiger partial charge is 0.416 e. The molecule has 0 fully saturated rings. The molecule has 1 nitrogen and oxygen atoms in total. The quantitative estimate of drug-likeness (QED) is 0.453. The van der Waals surface area contributed by atoms with Crippen molar-refractivity contribution in [1.29, 1.82) is 0 Å². The van der Waals surface area contributed by atoms with Crippen molar-refractivity contribution in [2.24, 2.45) is 0 Å². The van der Waals surface area contributed by atoms with Crippen LogP contribution in [-0.2, 0) is 19.1 Å². The van der Waals surface area contributed by atoms with E-state index in [1.54, 1.807) is 12.1 Å². The van der Waals surface area contributed by atoms with E-state index in [2.05, 4.69) is 29.8 Å². The Labute approximate surface area is 146 Å². The van der Waals surface area contributed by atoms with E-state index in [9.17, 15) is 13.2 Å². The topological polar surface area (TPSA) is 4.93 Å². The Bertz CT molecular complexity index is 828. The molecule has 0 atom stereocenters. The third-order valence-corrected chi connectivity index (χ3v) is 4.55. The molecule has 25 heavy (non-hydrogen) atoms. The molecule has 0 unspecified atom stereocenters. The minimum absolute atomic E-state index is 0.599. The molecule has 0 N–H and O–H groups in total. The smallest absolute Gasteiger partial charge is 0.347 e. The first-order chi connectivity index (χ1) is 12.0. The monoisotopic (exact) mass is 345 g/mol. The van der Waals surface area contributed by atoms with Gasteiger partial charge in [0.1, 0.15) is 0 Å². The van der Waals surface area contributed by atoms with Crippen LogP contribution >= 0.6 is 0 Å². The van der Waals surface area contributed by atoms with Crippen LogP contribution in [0.3, 0.4) is 0 Å². The van der Waals surface area contributed by atoms with Gasteiger partial charge >= 0.3 is 6.18 Å². The number of fused-ring (bicyclic) bond motifs is 1. The Hall–Kier alpha value is -2.23. The predicted molar refractivity (Wildman–Crippen MR) is 95.7 cm³/mol. The van der Waals surface area contributed by atoms with Gasteiger partial charge in [-0.25, -0.2) is 0 Å². The van der Waals surface area contributed by atoms with Crippen molar-refractivity contribution in [3.8, 4) is 0 Å². The summed E-state index contributed by atoms with van der Waals surface area (Å²) >= 11 is 0. The van der Waals surface area contributed by atoms with Gasteiger partial charge in [-0.2, -0.15) is 13.2 Å². The summed E-state index contributed by atoms with van der Waals surface area (Å²) in [4.78, 5) is 0. The van der Waals surface area contributed by atoms with Crippen LogP contribution in [0, 0.1) is 0 Å². The molecule has 1 heterocycles. The summed E-state index contributed by atoms with van der Waals surface area (Å²) in [5, 5.41) is 1.18. The van der Waals surface area contributed by atoms with E-state index in [1.165, 1.54) is 23.7 Å². The molecule has 0 aliphatic rings. The summed E-state index contributed by atoms with van der Waals surface area (Å²) < 4.78 is 40.4. The molecule has 0 spiro atoms. The lowest BCUT2D eigenvalue weighted by molar-refractivity contribution is -0.137. The molecule has 0 saturated carbocycles. The van der Waals surface area contributed by atoms with Gasteiger partial charge < -0.3 is 4.57 Å². The predicted octanol–water partition coefficient (Wildman–Crippen LogP) is 6.44. The number of aromatic nitrogens is 1. The van der Waals surface area contributed by atoms with Crippen LogP contribution in [0.15, 0.2) is 54.7 Å². The molecular formula is C21H22F3N. The molecule has 2 aromatic carbocycles. The Kier molecular flexibility index (Phi) is 5.16. The number of alkyl halides is 3. The summed E-state index contributed by atoms with van der Waals surface area (Å²) in [6, 6.07) is 13.7. The molecule has 0 amide bonds. The van der Waals surface area contributed by atoms with Crippen LogP contribution in [0.2, 0.25) is 0 Å². The van der Waals surface area contributed by atoms with Crippen molar-refractivity contribution in [3.63, 3.8) is 0 Å². The van der Waals surface area contributed by atoms with E-state index in [4.69, 9.17) is 0 Å². The van der Waals surface area contributed by atoms with E-state index in [0.29, 0.717) is 6.42 Å². The van der Waals surface area contributed by atoms with E-state index >= 15 is 0 Å². The van der Waals surface area contributed by atoms with Crippen molar-refractivity contribution in [2.45, 2.75) is 45.3 Å². The molecule has 0 saturated heterocycles. The highest BCUT2D eigenvalue weighted by Crippen LogP contribution is 2.30. The second-order valence-electron chi connectivity index (χ2n) is 6.44. The average molecular weight is 345 g/mol. The molecule has 4 heteroatoms. The Morgan fingerprint density at radius 3 is 2.32 bits per heavy atom. The number of halogens is 3. The van der Waals surface area contributed by atoms with E-state index < -0.39 is 11.7 Å². The van der Waals surface area contributed by atoms with E-state index in [-0.39, 0.29) is 0 Å². The Balaban J connectivity index is 1.86.